The van der Waals surface area contributed by atoms with E-state index in [0.29, 0.717) is 16.9 Å². The fourth-order valence-corrected chi connectivity index (χ4v) is 4.87. The van der Waals surface area contributed by atoms with E-state index in [1.54, 1.807) is 57.4 Å². The molecule has 1 N–H and O–H groups in total. The zero-order chi connectivity index (χ0) is 17.6. The first-order valence-electron chi connectivity index (χ1n) is 7.87. The molecule has 0 aliphatic rings. The highest BCUT2D eigenvalue weighted by molar-refractivity contribution is 7.54. The number of ether oxygens (including phenoxy) is 1. The Bertz CT molecular complexity index is 706. The van der Waals surface area contributed by atoms with Gasteiger partial charge in [0.1, 0.15) is 17.2 Å². The number of phenolic OH excluding ortho intramolecular Hbond substituents is 1. The molecule has 5 nitrogen and oxygen atoms in total. The fourth-order valence-electron chi connectivity index (χ4n) is 2.67. The summed E-state index contributed by atoms with van der Waals surface area (Å²) in [6.45, 7) is 3.98. The van der Waals surface area contributed by atoms with E-state index in [9.17, 15) is 9.67 Å². The highest BCUT2D eigenvalue weighted by atomic mass is 31.2. The van der Waals surface area contributed by atoms with E-state index in [1.807, 2.05) is 12.1 Å². The number of aromatic hydroxyl groups is 1. The minimum atomic E-state index is -3.58. The van der Waals surface area contributed by atoms with Gasteiger partial charge in [-0.05, 0) is 26.0 Å². The minimum absolute atomic E-state index is 0.0352. The van der Waals surface area contributed by atoms with Gasteiger partial charge in [0.15, 0.2) is 0 Å². The SMILES string of the molecule is CCOP(=O)(OCC)C(c1ccccc1O)c1ccccc1OC. The smallest absolute Gasteiger partial charge is 0.342 e. The van der Waals surface area contributed by atoms with E-state index in [2.05, 4.69) is 0 Å². The molecule has 24 heavy (non-hydrogen) atoms. The molecule has 2 rings (SSSR count). The van der Waals surface area contributed by atoms with Gasteiger partial charge in [0.05, 0.1) is 20.3 Å². The van der Waals surface area contributed by atoms with Gasteiger partial charge in [-0.2, -0.15) is 0 Å². The van der Waals surface area contributed by atoms with Crippen LogP contribution in [0.3, 0.4) is 0 Å². The molecule has 1 unspecified atom stereocenters. The minimum Gasteiger partial charge on any atom is -0.508 e. The zero-order valence-corrected chi connectivity index (χ0v) is 15.0. The largest absolute Gasteiger partial charge is 0.508 e. The van der Waals surface area contributed by atoms with E-state index in [0.717, 1.165) is 0 Å². The molecule has 1 atom stereocenters. The predicted octanol–water partition coefficient (Wildman–Crippen LogP) is 4.76. The maximum Gasteiger partial charge on any atom is 0.342 e. The molecule has 0 spiro atoms. The first kappa shape index (κ1) is 18.5. The molecule has 0 saturated carbocycles. The molecule has 0 heterocycles. The maximum absolute atomic E-state index is 13.5. The van der Waals surface area contributed by atoms with Gasteiger partial charge in [0.25, 0.3) is 0 Å². The summed E-state index contributed by atoms with van der Waals surface area (Å²) in [5.41, 5.74) is 0.341. The molecule has 6 heteroatoms. The predicted molar refractivity (Wildman–Crippen MR) is 93.8 cm³/mol. The van der Waals surface area contributed by atoms with E-state index in [-0.39, 0.29) is 19.0 Å². The van der Waals surface area contributed by atoms with Gasteiger partial charge in [-0.1, -0.05) is 36.4 Å². The molecular formula is C18H23O5P. The van der Waals surface area contributed by atoms with Crippen molar-refractivity contribution >= 4 is 7.60 Å². The quantitative estimate of drug-likeness (QED) is 0.696. The highest BCUT2D eigenvalue weighted by Gasteiger charge is 2.41. The molecule has 130 valence electrons. The van der Waals surface area contributed by atoms with Crippen LogP contribution in [0.5, 0.6) is 11.5 Å². The Morgan fingerprint density at radius 1 is 0.958 bits per heavy atom. The van der Waals surface area contributed by atoms with Crippen molar-refractivity contribution in [2.75, 3.05) is 20.3 Å². The third kappa shape index (κ3) is 3.81. The average Bonchev–Trinajstić information content (AvgIpc) is 2.57. The van der Waals surface area contributed by atoms with Gasteiger partial charge in [-0.25, -0.2) is 0 Å². The van der Waals surface area contributed by atoms with E-state index in [1.165, 1.54) is 0 Å². The fraction of sp³-hybridized carbons (Fsp3) is 0.333. The van der Waals surface area contributed by atoms with Crippen molar-refractivity contribution < 1.29 is 23.5 Å². The Morgan fingerprint density at radius 2 is 1.50 bits per heavy atom. The molecule has 0 aliphatic heterocycles. The Hall–Kier alpha value is -1.81. The van der Waals surface area contributed by atoms with Crippen LogP contribution < -0.4 is 4.74 Å². The summed E-state index contributed by atoms with van der Waals surface area (Å²) in [7, 11) is -2.03. The molecule has 0 fully saturated rings. The van der Waals surface area contributed by atoms with E-state index >= 15 is 0 Å². The van der Waals surface area contributed by atoms with Crippen molar-refractivity contribution in [1.29, 1.82) is 0 Å². The molecule has 0 radical (unpaired) electrons. The molecule has 0 aliphatic carbocycles. The van der Waals surface area contributed by atoms with Crippen LogP contribution in [0.15, 0.2) is 48.5 Å². The second-order valence-electron chi connectivity index (χ2n) is 5.08. The second kappa shape index (κ2) is 8.34. The van der Waals surface area contributed by atoms with Crippen LogP contribution in [0.25, 0.3) is 0 Å². The normalized spacial score (nSPS) is 12.8. The van der Waals surface area contributed by atoms with Crippen LogP contribution in [0, 0.1) is 0 Å². The van der Waals surface area contributed by atoms with Gasteiger partial charge in [-0.15, -0.1) is 0 Å². The van der Waals surface area contributed by atoms with Crippen molar-refractivity contribution in [1.82, 2.24) is 0 Å². The summed E-state index contributed by atoms with van der Waals surface area (Å²) in [6.07, 6.45) is 0. The number of rotatable bonds is 8. The number of benzene rings is 2. The summed E-state index contributed by atoms with van der Waals surface area (Å²) >= 11 is 0. The highest BCUT2D eigenvalue weighted by Crippen LogP contribution is 2.65. The van der Waals surface area contributed by atoms with Gasteiger partial charge < -0.3 is 18.9 Å². The monoisotopic (exact) mass is 350 g/mol. The van der Waals surface area contributed by atoms with Crippen LogP contribution in [-0.2, 0) is 13.6 Å². The van der Waals surface area contributed by atoms with Crippen molar-refractivity contribution in [2.45, 2.75) is 19.5 Å². The third-order valence-electron chi connectivity index (χ3n) is 3.60. The van der Waals surface area contributed by atoms with Gasteiger partial charge in [0.2, 0.25) is 0 Å². The van der Waals surface area contributed by atoms with Gasteiger partial charge in [0, 0.05) is 11.1 Å². The number of phenols is 1. The lowest BCUT2D eigenvalue weighted by Gasteiger charge is -2.28. The lowest BCUT2D eigenvalue weighted by atomic mass is 10.0. The van der Waals surface area contributed by atoms with E-state index in [4.69, 9.17) is 13.8 Å². The van der Waals surface area contributed by atoms with Crippen LogP contribution in [0.2, 0.25) is 0 Å². The lowest BCUT2D eigenvalue weighted by molar-refractivity contribution is 0.214. The van der Waals surface area contributed by atoms with E-state index < -0.39 is 13.3 Å². The van der Waals surface area contributed by atoms with Crippen molar-refractivity contribution in [3.05, 3.63) is 59.7 Å². The van der Waals surface area contributed by atoms with Crippen LogP contribution >= 0.6 is 7.60 Å². The molecule has 0 bridgehead atoms. The molecule has 2 aromatic carbocycles. The molecule has 0 saturated heterocycles. The first-order chi connectivity index (χ1) is 11.6. The summed E-state index contributed by atoms with van der Waals surface area (Å²) in [6, 6.07) is 14.0. The maximum atomic E-state index is 13.5. The summed E-state index contributed by atoms with van der Waals surface area (Å²) in [4.78, 5) is 0. The average molecular weight is 350 g/mol. The summed E-state index contributed by atoms with van der Waals surface area (Å²) in [5.74, 6) is 0.596. The topological polar surface area (TPSA) is 65.0 Å². The first-order valence-corrected chi connectivity index (χ1v) is 9.48. The number of hydrogen-bond acceptors (Lipinski definition) is 5. The molecule has 0 amide bonds. The second-order valence-corrected chi connectivity index (χ2v) is 7.19. The van der Waals surface area contributed by atoms with Crippen molar-refractivity contribution in [2.24, 2.45) is 0 Å². The van der Waals surface area contributed by atoms with Crippen LogP contribution in [-0.4, -0.2) is 25.4 Å². The van der Waals surface area contributed by atoms with Crippen LogP contribution in [0.1, 0.15) is 30.6 Å². The van der Waals surface area contributed by atoms with Crippen LogP contribution in [0.4, 0.5) is 0 Å². The van der Waals surface area contributed by atoms with Crippen molar-refractivity contribution in [3.63, 3.8) is 0 Å². The molecule has 2 aromatic rings. The summed E-state index contributed by atoms with van der Waals surface area (Å²) in [5, 5.41) is 10.3. The Labute approximate surface area is 142 Å². The standard InChI is InChI=1S/C18H23O5P/c1-4-22-24(20,23-5-2)18(14-10-6-8-12-16(14)19)15-11-7-9-13-17(15)21-3/h6-13,18-19H,4-5H2,1-3H3. The number of para-hydroxylation sites is 2. The van der Waals surface area contributed by atoms with Gasteiger partial charge >= 0.3 is 7.60 Å². The lowest BCUT2D eigenvalue weighted by Crippen LogP contribution is -2.10. The van der Waals surface area contributed by atoms with Crippen molar-refractivity contribution in [3.8, 4) is 11.5 Å². The molecular weight excluding hydrogens is 327 g/mol. The Kier molecular flexibility index (Phi) is 6.44. The Balaban J connectivity index is 2.70. The third-order valence-corrected chi connectivity index (χ3v) is 6.02. The summed E-state index contributed by atoms with van der Waals surface area (Å²) < 4.78 is 30.1. The molecule has 0 aromatic heterocycles. The number of methoxy groups -OCH3 is 1. The zero-order valence-electron chi connectivity index (χ0n) is 14.1. The number of hydrogen-bond donors (Lipinski definition) is 1. The Morgan fingerprint density at radius 3 is 2.04 bits per heavy atom. The van der Waals surface area contributed by atoms with Gasteiger partial charge in [-0.3, -0.25) is 4.57 Å².